The molecule has 25 heavy (non-hydrogen) atoms. The van der Waals surface area contributed by atoms with E-state index in [4.69, 9.17) is 4.74 Å². The SMILES string of the molecule is COc1ccc(C[C@@H](C(=O)Nc2cccc(C)c2)c2nnn[n-]2)cc1. The molecule has 2 aromatic carbocycles. The number of aryl methyl sites for hydroxylation is 1. The third kappa shape index (κ3) is 4.20. The Balaban J connectivity index is 1.80. The van der Waals surface area contributed by atoms with E-state index in [2.05, 4.69) is 25.9 Å². The highest BCUT2D eigenvalue weighted by molar-refractivity contribution is 5.95. The number of aromatic nitrogens is 4. The summed E-state index contributed by atoms with van der Waals surface area (Å²) in [4.78, 5) is 12.8. The second kappa shape index (κ2) is 7.57. The van der Waals surface area contributed by atoms with Crippen molar-refractivity contribution in [2.75, 3.05) is 12.4 Å². The smallest absolute Gasteiger partial charge is 0.232 e. The lowest BCUT2D eigenvalue weighted by molar-refractivity contribution is -0.117. The van der Waals surface area contributed by atoms with Gasteiger partial charge in [-0.3, -0.25) is 15.1 Å². The maximum absolute atomic E-state index is 12.8. The van der Waals surface area contributed by atoms with E-state index in [0.717, 1.165) is 22.6 Å². The van der Waals surface area contributed by atoms with E-state index in [1.807, 2.05) is 55.5 Å². The number of tetrazole rings is 1. The quantitative estimate of drug-likeness (QED) is 0.741. The number of carbonyl (C=O) groups is 1. The zero-order chi connectivity index (χ0) is 17.6. The van der Waals surface area contributed by atoms with Crippen molar-refractivity contribution in [1.82, 2.24) is 20.6 Å². The summed E-state index contributed by atoms with van der Waals surface area (Å²) in [7, 11) is 1.61. The monoisotopic (exact) mass is 336 g/mol. The lowest BCUT2D eigenvalue weighted by Gasteiger charge is -2.17. The van der Waals surface area contributed by atoms with Crippen LogP contribution in [0.3, 0.4) is 0 Å². The molecule has 0 spiro atoms. The molecule has 1 N–H and O–H groups in total. The van der Waals surface area contributed by atoms with Crippen molar-refractivity contribution >= 4 is 11.6 Å². The van der Waals surface area contributed by atoms with Crippen LogP contribution in [0.2, 0.25) is 0 Å². The fourth-order valence-electron chi connectivity index (χ4n) is 2.54. The Morgan fingerprint density at radius 1 is 1.24 bits per heavy atom. The van der Waals surface area contributed by atoms with Crippen LogP contribution >= 0.6 is 0 Å². The third-order valence-electron chi connectivity index (χ3n) is 3.85. The zero-order valence-electron chi connectivity index (χ0n) is 14.0. The highest BCUT2D eigenvalue weighted by Gasteiger charge is 2.21. The summed E-state index contributed by atoms with van der Waals surface area (Å²) in [5, 5.41) is 17.7. The van der Waals surface area contributed by atoms with Crippen LogP contribution in [0, 0.1) is 6.92 Å². The predicted octanol–water partition coefficient (Wildman–Crippen LogP) is 2.11. The molecule has 1 heterocycles. The van der Waals surface area contributed by atoms with Gasteiger partial charge in [-0.05, 0) is 48.7 Å². The van der Waals surface area contributed by atoms with Crippen LogP contribution in [0.5, 0.6) is 5.75 Å². The Kier molecular flexibility index (Phi) is 5.03. The molecule has 0 saturated heterocycles. The van der Waals surface area contributed by atoms with E-state index in [1.54, 1.807) is 7.11 Å². The number of nitrogens with one attached hydrogen (secondary N) is 1. The Hall–Kier alpha value is -3.22. The molecule has 0 aliphatic heterocycles. The molecule has 0 unspecified atom stereocenters. The number of nitrogens with zero attached hydrogens (tertiary/aromatic N) is 4. The summed E-state index contributed by atoms with van der Waals surface area (Å²) >= 11 is 0. The highest BCUT2D eigenvalue weighted by Crippen LogP contribution is 2.21. The van der Waals surface area contributed by atoms with Gasteiger partial charge in [-0.15, -0.1) is 0 Å². The average molecular weight is 336 g/mol. The van der Waals surface area contributed by atoms with Crippen molar-refractivity contribution in [2.24, 2.45) is 0 Å². The van der Waals surface area contributed by atoms with Gasteiger partial charge in [0.2, 0.25) is 5.91 Å². The summed E-state index contributed by atoms with van der Waals surface area (Å²) < 4.78 is 5.16. The maximum atomic E-state index is 12.8. The molecule has 7 heteroatoms. The highest BCUT2D eigenvalue weighted by atomic mass is 16.5. The van der Waals surface area contributed by atoms with E-state index in [9.17, 15) is 4.79 Å². The first kappa shape index (κ1) is 16.6. The third-order valence-corrected chi connectivity index (χ3v) is 3.85. The summed E-state index contributed by atoms with van der Waals surface area (Å²) in [6.07, 6.45) is 0.440. The Labute approximate surface area is 145 Å². The van der Waals surface area contributed by atoms with Gasteiger partial charge in [0, 0.05) is 11.5 Å². The van der Waals surface area contributed by atoms with E-state index < -0.39 is 5.92 Å². The largest absolute Gasteiger partial charge is 0.497 e. The molecule has 3 aromatic rings. The number of ether oxygens (including phenoxy) is 1. The van der Waals surface area contributed by atoms with Gasteiger partial charge in [0.25, 0.3) is 0 Å². The van der Waals surface area contributed by atoms with Crippen LogP contribution in [-0.2, 0) is 11.2 Å². The van der Waals surface area contributed by atoms with Gasteiger partial charge in [-0.2, -0.15) is 5.21 Å². The first-order chi connectivity index (χ1) is 12.2. The van der Waals surface area contributed by atoms with E-state index in [1.165, 1.54) is 0 Å². The fourth-order valence-corrected chi connectivity index (χ4v) is 2.54. The molecule has 0 saturated carbocycles. The molecule has 3 rings (SSSR count). The van der Waals surface area contributed by atoms with Crippen molar-refractivity contribution in [3.8, 4) is 5.75 Å². The van der Waals surface area contributed by atoms with Crippen LogP contribution in [0.1, 0.15) is 22.9 Å². The summed E-state index contributed by atoms with van der Waals surface area (Å²) in [6.45, 7) is 1.97. The summed E-state index contributed by atoms with van der Waals surface area (Å²) in [5.41, 5.74) is 2.77. The van der Waals surface area contributed by atoms with Gasteiger partial charge >= 0.3 is 0 Å². The lowest BCUT2D eigenvalue weighted by atomic mass is 9.97. The summed E-state index contributed by atoms with van der Waals surface area (Å²) in [5.74, 6) is 0.290. The standard InChI is InChI=1S/C18H19N5O2/c1-12-4-3-5-14(10-12)19-18(24)16(17-20-22-23-21-17)11-13-6-8-15(25-2)9-7-13/h3-10,16H,11H2,1-2H3,(H2,19,20,21,22,23,24)/p-1/t16-/m1/s1. The van der Waals surface area contributed by atoms with Crippen molar-refractivity contribution < 1.29 is 9.53 Å². The molecule has 0 fully saturated rings. The molecular formula is C18H18N5O2-. The number of hydrogen-bond donors (Lipinski definition) is 1. The van der Waals surface area contributed by atoms with Crippen LogP contribution < -0.4 is 15.2 Å². The molecule has 1 amide bonds. The zero-order valence-corrected chi connectivity index (χ0v) is 14.0. The molecule has 0 aliphatic rings. The Morgan fingerprint density at radius 3 is 2.68 bits per heavy atom. The minimum Gasteiger partial charge on any atom is -0.497 e. The molecule has 128 valence electrons. The molecular weight excluding hydrogens is 318 g/mol. The van der Waals surface area contributed by atoms with Gasteiger partial charge < -0.3 is 15.2 Å². The van der Waals surface area contributed by atoms with Crippen molar-refractivity contribution in [3.05, 3.63) is 65.5 Å². The van der Waals surface area contributed by atoms with Gasteiger partial charge in [0.15, 0.2) is 0 Å². The average Bonchev–Trinajstić information content (AvgIpc) is 3.14. The van der Waals surface area contributed by atoms with E-state index in [-0.39, 0.29) is 5.91 Å². The summed E-state index contributed by atoms with van der Waals surface area (Å²) in [6, 6.07) is 15.2. The lowest BCUT2D eigenvalue weighted by Crippen LogP contribution is -2.24. The van der Waals surface area contributed by atoms with Crippen LogP contribution in [0.25, 0.3) is 0 Å². The molecule has 1 aromatic heterocycles. The predicted molar refractivity (Wildman–Crippen MR) is 92.4 cm³/mol. The number of anilines is 1. The van der Waals surface area contributed by atoms with Gasteiger partial charge in [0.05, 0.1) is 13.0 Å². The Morgan fingerprint density at radius 2 is 2.04 bits per heavy atom. The number of rotatable bonds is 6. The topological polar surface area (TPSA) is 91.1 Å². The first-order valence-corrected chi connectivity index (χ1v) is 7.85. The minimum atomic E-state index is -0.580. The number of hydrogen-bond acceptors (Lipinski definition) is 5. The molecule has 1 atom stereocenters. The number of amides is 1. The molecule has 7 nitrogen and oxygen atoms in total. The van der Waals surface area contributed by atoms with E-state index >= 15 is 0 Å². The molecule has 0 bridgehead atoms. The normalized spacial score (nSPS) is 11.8. The maximum Gasteiger partial charge on any atom is 0.232 e. The minimum absolute atomic E-state index is 0.198. The van der Waals surface area contributed by atoms with Gasteiger partial charge in [-0.1, -0.05) is 24.3 Å². The fraction of sp³-hybridized carbons (Fsp3) is 0.222. The van der Waals surface area contributed by atoms with Crippen molar-refractivity contribution in [1.29, 1.82) is 0 Å². The second-order valence-electron chi connectivity index (χ2n) is 5.70. The van der Waals surface area contributed by atoms with Crippen molar-refractivity contribution in [2.45, 2.75) is 19.3 Å². The van der Waals surface area contributed by atoms with Crippen LogP contribution in [0.4, 0.5) is 5.69 Å². The Bertz CT molecular complexity index is 831. The first-order valence-electron chi connectivity index (χ1n) is 7.85. The number of methoxy groups -OCH3 is 1. The molecule has 0 aliphatic carbocycles. The second-order valence-corrected chi connectivity index (χ2v) is 5.70. The molecule has 0 radical (unpaired) electrons. The van der Waals surface area contributed by atoms with Crippen LogP contribution in [-0.4, -0.2) is 28.5 Å². The number of carbonyl (C=O) groups excluding carboxylic acids is 1. The van der Waals surface area contributed by atoms with Gasteiger partial charge in [-0.25, -0.2) is 0 Å². The van der Waals surface area contributed by atoms with E-state index in [0.29, 0.717) is 12.2 Å². The van der Waals surface area contributed by atoms with Crippen molar-refractivity contribution in [3.63, 3.8) is 0 Å². The van der Waals surface area contributed by atoms with Gasteiger partial charge in [0.1, 0.15) is 5.75 Å². The van der Waals surface area contributed by atoms with Crippen LogP contribution in [0.15, 0.2) is 48.5 Å². The number of benzene rings is 2.